The smallest absolute Gasteiger partial charge is 0.241 e. The second-order valence-electron chi connectivity index (χ2n) is 7.30. The fourth-order valence-electron chi connectivity index (χ4n) is 3.49. The van der Waals surface area contributed by atoms with E-state index in [1.165, 1.54) is 18.5 Å². The number of hydrogen-bond donors (Lipinski definition) is 1. The van der Waals surface area contributed by atoms with Crippen molar-refractivity contribution in [2.24, 2.45) is 0 Å². The van der Waals surface area contributed by atoms with Crippen LogP contribution in [0.5, 0.6) is 0 Å². The van der Waals surface area contributed by atoms with Crippen LogP contribution in [-0.4, -0.2) is 40.2 Å². The Hall–Kier alpha value is -2.25. The Labute approximate surface area is 177 Å². The monoisotopic (exact) mass is 435 g/mol. The van der Waals surface area contributed by atoms with E-state index in [2.05, 4.69) is 22.3 Å². The lowest BCUT2D eigenvalue weighted by molar-refractivity contribution is -0.120. The predicted octanol–water partition coefficient (Wildman–Crippen LogP) is 3.58. The summed E-state index contributed by atoms with van der Waals surface area (Å²) in [6.07, 6.45) is 3.50. The Morgan fingerprint density at radius 2 is 1.76 bits per heavy atom. The van der Waals surface area contributed by atoms with Crippen LogP contribution >= 0.6 is 11.6 Å². The number of carbonyl (C=O) groups is 1. The Morgan fingerprint density at radius 1 is 1.14 bits per heavy atom. The summed E-state index contributed by atoms with van der Waals surface area (Å²) in [5.41, 5.74) is 2.44. The molecule has 0 bridgehead atoms. The minimum atomic E-state index is -3.67. The van der Waals surface area contributed by atoms with Crippen molar-refractivity contribution in [2.45, 2.75) is 25.8 Å². The van der Waals surface area contributed by atoms with Crippen molar-refractivity contribution in [3.8, 4) is 0 Å². The van der Waals surface area contributed by atoms with Crippen LogP contribution in [0.3, 0.4) is 0 Å². The number of nitrogens with one attached hydrogen (secondary N) is 1. The van der Waals surface area contributed by atoms with Crippen LogP contribution in [0.2, 0.25) is 5.02 Å². The SMILES string of the molecule is CC(NC(=O)CN(c1ccccc1Cl)S(C)(=O)=O)c1ccc(N2CCCC2)cc1. The highest BCUT2D eigenvalue weighted by Gasteiger charge is 2.23. The molecule has 2 aromatic rings. The van der Waals surface area contributed by atoms with Crippen molar-refractivity contribution in [3.05, 3.63) is 59.1 Å². The van der Waals surface area contributed by atoms with E-state index in [1.807, 2.05) is 19.1 Å². The van der Waals surface area contributed by atoms with E-state index in [1.54, 1.807) is 24.3 Å². The van der Waals surface area contributed by atoms with Crippen molar-refractivity contribution in [2.75, 3.05) is 35.1 Å². The zero-order valence-electron chi connectivity index (χ0n) is 16.6. The van der Waals surface area contributed by atoms with Crippen LogP contribution < -0.4 is 14.5 Å². The average Bonchev–Trinajstić information content (AvgIpc) is 3.21. The van der Waals surface area contributed by atoms with Crippen molar-refractivity contribution >= 4 is 38.9 Å². The van der Waals surface area contributed by atoms with E-state index >= 15 is 0 Å². The normalized spacial score (nSPS) is 15.2. The summed E-state index contributed by atoms with van der Waals surface area (Å²) in [6.45, 7) is 3.70. The third-order valence-electron chi connectivity index (χ3n) is 5.05. The van der Waals surface area contributed by atoms with Gasteiger partial charge in [0.05, 0.1) is 23.0 Å². The van der Waals surface area contributed by atoms with Gasteiger partial charge in [0.15, 0.2) is 0 Å². The van der Waals surface area contributed by atoms with Crippen LogP contribution in [0.1, 0.15) is 31.4 Å². The summed E-state index contributed by atoms with van der Waals surface area (Å²) in [5, 5.41) is 3.15. The molecule has 1 N–H and O–H groups in total. The number of anilines is 2. The Bertz CT molecular complexity index is 957. The third kappa shape index (κ3) is 5.42. The molecule has 2 aromatic carbocycles. The first-order chi connectivity index (χ1) is 13.8. The molecule has 1 atom stereocenters. The van der Waals surface area contributed by atoms with Gasteiger partial charge < -0.3 is 10.2 Å². The van der Waals surface area contributed by atoms with Crippen LogP contribution in [0.15, 0.2) is 48.5 Å². The molecule has 156 valence electrons. The molecule has 1 amide bonds. The minimum Gasteiger partial charge on any atom is -0.372 e. The topological polar surface area (TPSA) is 69.7 Å². The largest absolute Gasteiger partial charge is 0.372 e. The predicted molar refractivity (Wildman–Crippen MR) is 118 cm³/mol. The molecule has 1 heterocycles. The van der Waals surface area contributed by atoms with Crippen LogP contribution in [0, 0.1) is 0 Å². The number of amides is 1. The van der Waals surface area contributed by atoms with Crippen LogP contribution in [-0.2, 0) is 14.8 Å². The van der Waals surface area contributed by atoms with Crippen LogP contribution in [0.4, 0.5) is 11.4 Å². The summed E-state index contributed by atoms with van der Waals surface area (Å²) in [4.78, 5) is 14.9. The molecule has 1 aliphatic rings. The van der Waals surface area contributed by atoms with Crippen molar-refractivity contribution in [3.63, 3.8) is 0 Å². The number of halogens is 1. The number of hydrogen-bond acceptors (Lipinski definition) is 4. The van der Waals surface area contributed by atoms with Gasteiger partial charge in [0, 0.05) is 18.8 Å². The van der Waals surface area contributed by atoms with Gasteiger partial charge in [0.2, 0.25) is 15.9 Å². The first-order valence-corrected chi connectivity index (χ1v) is 11.8. The zero-order chi connectivity index (χ0) is 21.0. The van der Waals surface area contributed by atoms with Crippen molar-refractivity contribution < 1.29 is 13.2 Å². The van der Waals surface area contributed by atoms with E-state index in [4.69, 9.17) is 11.6 Å². The van der Waals surface area contributed by atoms with Crippen molar-refractivity contribution in [1.29, 1.82) is 0 Å². The third-order valence-corrected chi connectivity index (χ3v) is 6.50. The lowest BCUT2D eigenvalue weighted by atomic mass is 10.1. The summed E-state index contributed by atoms with van der Waals surface area (Å²) < 4.78 is 25.5. The molecule has 1 saturated heterocycles. The number of nitrogens with zero attached hydrogens (tertiary/aromatic N) is 2. The van der Waals surface area contributed by atoms with Gasteiger partial charge in [-0.05, 0) is 49.6 Å². The van der Waals surface area contributed by atoms with Gasteiger partial charge in [-0.2, -0.15) is 0 Å². The molecule has 3 rings (SSSR count). The molecular weight excluding hydrogens is 410 g/mol. The molecule has 0 aromatic heterocycles. The molecule has 0 aliphatic carbocycles. The van der Waals surface area contributed by atoms with Gasteiger partial charge in [0.25, 0.3) is 0 Å². The lowest BCUT2D eigenvalue weighted by Crippen LogP contribution is -2.41. The first kappa shape index (κ1) is 21.5. The highest BCUT2D eigenvalue weighted by molar-refractivity contribution is 7.92. The first-order valence-electron chi connectivity index (χ1n) is 9.62. The fourth-order valence-corrected chi connectivity index (χ4v) is 4.64. The Kier molecular flexibility index (Phi) is 6.70. The lowest BCUT2D eigenvalue weighted by Gasteiger charge is -2.24. The zero-order valence-corrected chi connectivity index (χ0v) is 18.2. The molecule has 29 heavy (non-hydrogen) atoms. The van der Waals surface area contributed by atoms with E-state index in [9.17, 15) is 13.2 Å². The molecule has 1 fully saturated rings. The molecule has 6 nitrogen and oxygen atoms in total. The second-order valence-corrected chi connectivity index (χ2v) is 9.61. The van der Waals surface area contributed by atoms with Gasteiger partial charge in [-0.3, -0.25) is 9.10 Å². The summed E-state index contributed by atoms with van der Waals surface area (Å²) in [5.74, 6) is -0.397. The highest BCUT2D eigenvalue weighted by atomic mass is 35.5. The molecular formula is C21H26ClN3O3S. The maximum atomic E-state index is 12.6. The van der Waals surface area contributed by atoms with E-state index in [0.29, 0.717) is 0 Å². The van der Waals surface area contributed by atoms with Gasteiger partial charge in [-0.25, -0.2) is 8.42 Å². The van der Waals surface area contributed by atoms with Gasteiger partial charge in [-0.15, -0.1) is 0 Å². The van der Waals surface area contributed by atoms with E-state index in [-0.39, 0.29) is 23.3 Å². The van der Waals surface area contributed by atoms with Gasteiger partial charge >= 0.3 is 0 Å². The molecule has 1 aliphatic heterocycles. The summed E-state index contributed by atoms with van der Waals surface area (Å²) >= 11 is 6.14. The fraction of sp³-hybridized carbons (Fsp3) is 0.381. The average molecular weight is 436 g/mol. The molecule has 0 spiro atoms. The molecule has 8 heteroatoms. The summed E-state index contributed by atoms with van der Waals surface area (Å²) in [6, 6.07) is 14.5. The molecule has 0 radical (unpaired) electrons. The quantitative estimate of drug-likeness (QED) is 0.721. The number of rotatable bonds is 7. The second kappa shape index (κ2) is 9.05. The molecule has 1 unspecified atom stereocenters. The van der Waals surface area contributed by atoms with E-state index < -0.39 is 15.9 Å². The highest BCUT2D eigenvalue weighted by Crippen LogP contribution is 2.27. The van der Waals surface area contributed by atoms with Gasteiger partial charge in [0.1, 0.15) is 6.54 Å². The maximum absolute atomic E-state index is 12.6. The number of carbonyl (C=O) groups excluding carboxylic acids is 1. The summed E-state index contributed by atoms with van der Waals surface area (Å²) in [7, 11) is -3.67. The maximum Gasteiger partial charge on any atom is 0.241 e. The van der Waals surface area contributed by atoms with E-state index in [0.717, 1.165) is 29.2 Å². The Balaban J connectivity index is 1.67. The Morgan fingerprint density at radius 3 is 2.34 bits per heavy atom. The number of benzene rings is 2. The van der Waals surface area contributed by atoms with Gasteiger partial charge in [-0.1, -0.05) is 35.9 Å². The number of sulfonamides is 1. The van der Waals surface area contributed by atoms with Crippen LogP contribution in [0.25, 0.3) is 0 Å². The standard InChI is InChI=1S/C21H26ClN3O3S/c1-16(17-9-11-18(12-10-17)24-13-5-6-14-24)23-21(26)15-25(29(2,27)28)20-8-4-3-7-19(20)22/h3-4,7-12,16H,5-6,13-15H2,1-2H3,(H,23,26). The number of para-hydroxylation sites is 1. The molecule has 0 saturated carbocycles. The van der Waals surface area contributed by atoms with Crippen molar-refractivity contribution in [1.82, 2.24) is 5.32 Å². The minimum absolute atomic E-state index is 0.247.